The Bertz CT molecular complexity index is 841. The van der Waals surface area contributed by atoms with Gasteiger partial charge in [-0.1, -0.05) is 74.5 Å². The van der Waals surface area contributed by atoms with Crippen molar-refractivity contribution < 1.29 is 14.4 Å². The molecule has 1 fully saturated rings. The molecule has 0 aliphatic carbocycles. The predicted molar refractivity (Wildman–Crippen MR) is 116 cm³/mol. The Morgan fingerprint density at radius 1 is 1.07 bits per heavy atom. The number of carbonyl (C=O) groups excluding carboxylic acids is 2. The van der Waals surface area contributed by atoms with Crippen LogP contribution in [0.5, 0.6) is 0 Å². The van der Waals surface area contributed by atoms with Gasteiger partial charge < -0.3 is 4.90 Å². The maximum atomic E-state index is 13.3. The number of imide groups is 1. The molecule has 1 aliphatic heterocycles. The smallest absolute Gasteiger partial charge is 0.322 e. The number of carbonyl (C=O) groups is 2. The quantitative estimate of drug-likeness (QED) is 0.666. The normalized spacial score (nSPS) is 20.1. The zero-order valence-corrected chi connectivity index (χ0v) is 18.1. The highest BCUT2D eigenvalue weighted by Crippen LogP contribution is 2.35. The van der Waals surface area contributed by atoms with Crippen LogP contribution in [0.1, 0.15) is 44.4 Å². The summed E-state index contributed by atoms with van der Waals surface area (Å²) in [5, 5.41) is 0. The second kappa shape index (κ2) is 9.87. The Hall–Kier alpha value is -2.70. The van der Waals surface area contributed by atoms with Crippen LogP contribution in [0.3, 0.4) is 0 Å². The summed E-state index contributed by atoms with van der Waals surface area (Å²) in [6, 6.07) is 18.7. The SMILES string of the molecule is CC(C)[C@H](CC(=O)N1C(=O)N(C)[C@H](C)[C@@H]1c1ccccc1)NOCc1ccccc1. The first kappa shape index (κ1) is 22.0. The van der Waals surface area contributed by atoms with Crippen LogP contribution in [0.2, 0.25) is 0 Å². The minimum absolute atomic E-state index is 0.0939. The average Bonchev–Trinajstić information content (AvgIpc) is 2.98. The summed E-state index contributed by atoms with van der Waals surface area (Å²) < 4.78 is 0. The topological polar surface area (TPSA) is 61.9 Å². The van der Waals surface area contributed by atoms with E-state index in [4.69, 9.17) is 4.84 Å². The van der Waals surface area contributed by atoms with E-state index in [0.29, 0.717) is 6.61 Å². The van der Waals surface area contributed by atoms with E-state index >= 15 is 0 Å². The summed E-state index contributed by atoms with van der Waals surface area (Å²) in [6.45, 7) is 6.45. The van der Waals surface area contributed by atoms with E-state index in [1.807, 2.05) is 81.4 Å². The molecule has 0 bridgehead atoms. The van der Waals surface area contributed by atoms with E-state index in [1.165, 1.54) is 4.90 Å². The van der Waals surface area contributed by atoms with Gasteiger partial charge in [0.05, 0.1) is 18.7 Å². The van der Waals surface area contributed by atoms with Crippen molar-refractivity contribution in [2.45, 2.75) is 51.9 Å². The fourth-order valence-electron chi connectivity index (χ4n) is 3.74. The molecule has 3 amide bonds. The summed E-state index contributed by atoms with van der Waals surface area (Å²) in [6.07, 6.45) is 0.183. The molecule has 0 unspecified atom stereocenters. The van der Waals surface area contributed by atoms with Gasteiger partial charge in [-0.05, 0) is 24.0 Å². The monoisotopic (exact) mass is 409 g/mol. The van der Waals surface area contributed by atoms with Crippen LogP contribution in [0.4, 0.5) is 4.79 Å². The van der Waals surface area contributed by atoms with E-state index in [0.717, 1.165) is 11.1 Å². The number of hydrogen-bond donors (Lipinski definition) is 1. The molecular formula is C24H31N3O3. The number of urea groups is 1. The summed E-state index contributed by atoms with van der Waals surface area (Å²) in [4.78, 5) is 34.9. The number of amides is 3. The van der Waals surface area contributed by atoms with Crippen LogP contribution in [-0.4, -0.2) is 40.9 Å². The Morgan fingerprint density at radius 2 is 1.67 bits per heavy atom. The van der Waals surface area contributed by atoms with Crippen LogP contribution < -0.4 is 5.48 Å². The van der Waals surface area contributed by atoms with Crippen molar-refractivity contribution >= 4 is 11.9 Å². The minimum Gasteiger partial charge on any atom is -0.322 e. The standard InChI is InChI=1S/C24H31N3O3/c1-17(2)21(25-30-16-19-11-7-5-8-12-19)15-22(28)27-23(18(3)26(4)24(27)29)20-13-9-6-10-14-20/h5-14,17-18,21,23,25H,15-16H2,1-4H3/t18-,21+,23-/m1/s1. The molecule has 0 spiro atoms. The molecule has 2 aromatic rings. The summed E-state index contributed by atoms with van der Waals surface area (Å²) in [5.41, 5.74) is 5.05. The Kier molecular flexibility index (Phi) is 7.24. The number of hydrogen-bond acceptors (Lipinski definition) is 4. The molecule has 6 nitrogen and oxygen atoms in total. The molecule has 2 aromatic carbocycles. The number of likely N-dealkylation sites (N-methyl/N-ethyl adjacent to an activating group) is 1. The zero-order chi connectivity index (χ0) is 21.7. The van der Waals surface area contributed by atoms with E-state index in [9.17, 15) is 9.59 Å². The highest BCUT2D eigenvalue weighted by atomic mass is 16.6. The predicted octanol–water partition coefficient (Wildman–Crippen LogP) is 4.15. The minimum atomic E-state index is -0.297. The van der Waals surface area contributed by atoms with Crippen LogP contribution in [0.25, 0.3) is 0 Å². The largest absolute Gasteiger partial charge is 0.327 e. The Balaban J connectivity index is 1.69. The van der Waals surface area contributed by atoms with Crippen LogP contribution in [0.15, 0.2) is 60.7 Å². The van der Waals surface area contributed by atoms with Crippen LogP contribution in [0, 0.1) is 5.92 Å². The molecule has 1 aliphatic rings. The van der Waals surface area contributed by atoms with Gasteiger partial charge >= 0.3 is 6.03 Å². The van der Waals surface area contributed by atoms with Crippen molar-refractivity contribution in [3.63, 3.8) is 0 Å². The molecular weight excluding hydrogens is 378 g/mol. The van der Waals surface area contributed by atoms with Gasteiger partial charge in [0.1, 0.15) is 0 Å². The molecule has 30 heavy (non-hydrogen) atoms. The summed E-state index contributed by atoms with van der Waals surface area (Å²) >= 11 is 0. The fraction of sp³-hybridized carbons (Fsp3) is 0.417. The second-order valence-corrected chi connectivity index (χ2v) is 8.20. The van der Waals surface area contributed by atoms with E-state index in [2.05, 4.69) is 5.48 Å². The third-order valence-corrected chi connectivity index (χ3v) is 5.78. The molecule has 160 valence electrons. The first-order chi connectivity index (χ1) is 14.4. The lowest BCUT2D eigenvalue weighted by molar-refractivity contribution is -0.131. The lowest BCUT2D eigenvalue weighted by Crippen LogP contribution is -2.43. The number of rotatable bonds is 8. The highest BCUT2D eigenvalue weighted by Gasteiger charge is 2.45. The molecule has 0 saturated carbocycles. The molecule has 0 radical (unpaired) electrons. The Morgan fingerprint density at radius 3 is 2.27 bits per heavy atom. The molecule has 3 atom stereocenters. The van der Waals surface area contributed by atoms with Gasteiger partial charge in [-0.15, -0.1) is 0 Å². The fourth-order valence-corrected chi connectivity index (χ4v) is 3.74. The van der Waals surface area contributed by atoms with Gasteiger partial charge in [0.25, 0.3) is 0 Å². The van der Waals surface area contributed by atoms with Crippen molar-refractivity contribution in [1.29, 1.82) is 0 Å². The lowest BCUT2D eigenvalue weighted by atomic mass is 9.98. The van der Waals surface area contributed by atoms with Gasteiger partial charge in [-0.3, -0.25) is 14.5 Å². The molecule has 1 N–H and O–H groups in total. The first-order valence-corrected chi connectivity index (χ1v) is 10.4. The lowest BCUT2D eigenvalue weighted by Gasteiger charge is -2.27. The zero-order valence-electron chi connectivity index (χ0n) is 18.1. The second-order valence-electron chi connectivity index (χ2n) is 8.20. The van der Waals surface area contributed by atoms with Gasteiger partial charge in [-0.25, -0.2) is 4.79 Å². The molecule has 6 heteroatoms. The molecule has 0 aromatic heterocycles. The first-order valence-electron chi connectivity index (χ1n) is 10.4. The average molecular weight is 410 g/mol. The van der Waals surface area contributed by atoms with Gasteiger partial charge in [0, 0.05) is 19.5 Å². The van der Waals surface area contributed by atoms with Crippen molar-refractivity contribution in [3.05, 3.63) is 71.8 Å². The van der Waals surface area contributed by atoms with Gasteiger partial charge in [0.15, 0.2) is 0 Å². The van der Waals surface area contributed by atoms with E-state index in [-0.39, 0.29) is 42.4 Å². The molecule has 1 saturated heterocycles. The highest BCUT2D eigenvalue weighted by molar-refractivity contribution is 5.97. The Labute approximate surface area is 178 Å². The third kappa shape index (κ3) is 4.89. The molecule has 3 rings (SSSR count). The van der Waals surface area contributed by atoms with Gasteiger partial charge in [0.2, 0.25) is 5.91 Å². The number of benzene rings is 2. The molecule has 1 heterocycles. The number of hydroxylamine groups is 1. The number of nitrogens with one attached hydrogen (secondary N) is 1. The van der Waals surface area contributed by atoms with E-state index < -0.39 is 0 Å². The van der Waals surface area contributed by atoms with Crippen molar-refractivity contribution in [1.82, 2.24) is 15.3 Å². The maximum absolute atomic E-state index is 13.3. The van der Waals surface area contributed by atoms with Crippen molar-refractivity contribution in [2.75, 3.05) is 7.05 Å². The number of nitrogens with zero attached hydrogens (tertiary/aromatic N) is 2. The maximum Gasteiger partial charge on any atom is 0.327 e. The summed E-state index contributed by atoms with van der Waals surface area (Å²) in [7, 11) is 1.75. The van der Waals surface area contributed by atoms with Crippen molar-refractivity contribution in [2.24, 2.45) is 5.92 Å². The third-order valence-electron chi connectivity index (χ3n) is 5.78. The van der Waals surface area contributed by atoms with Gasteiger partial charge in [-0.2, -0.15) is 5.48 Å². The van der Waals surface area contributed by atoms with Crippen LogP contribution >= 0.6 is 0 Å². The van der Waals surface area contributed by atoms with Crippen LogP contribution in [-0.2, 0) is 16.2 Å². The summed E-state index contributed by atoms with van der Waals surface area (Å²) in [5.74, 6) is -0.0349. The van der Waals surface area contributed by atoms with Crippen molar-refractivity contribution in [3.8, 4) is 0 Å². The van der Waals surface area contributed by atoms with E-state index in [1.54, 1.807) is 11.9 Å².